The zero-order valence-electron chi connectivity index (χ0n) is 13.6. The Morgan fingerprint density at radius 3 is 1.72 bits per heavy atom. The summed E-state index contributed by atoms with van der Waals surface area (Å²) in [5, 5.41) is 2.27. The second-order valence-electron chi connectivity index (χ2n) is 5.59. The van der Waals surface area contributed by atoms with Crippen molar-refractivity contribution in [2.45, 2.75) is 13.3 Å². The van der Waals surface area contributed by atoms with Gasteiger partial charge in [-0.05, 0) is 47.5 Å². The molecule has 3 aromatic rings. The normalized spacial score (nSPS) is 10.4. The van der Waals surface area contributed by atoms with E-state index >= 15 is 0 Å². The fraction of sp³-hybridized carbons (Fsp3) is 0.0952. The summed E-state index contributed by atoms with van der Waals surface area (Å²) in [5.41, 5.74) is 3.47. The third kappa shape index (κ3) is 3.55. The fourth-order valence-electron chi connectivity index (χ4n) is 2.68. The van der Waals surface area contributed by atoms with E-state index in [-0.39, 0.29) is 11.1 Å². The lowest BCUT2D eigenvalue weighted by molar-refractivity contribution is 0.514. The monoisotopic (exact) mass is 351 g/mol. The Bertz CT molecular complexity index is 941. The van der Waals surface area contributed by atoms with Gasteiger partial charge < -0.3 is 0 Å². The lowest BCUT2D eigenvalue weighted by Gasteiger charge is -2.10. The maximum absolute atomic E-state index is 14.6. The van der Waals surface area contributed by atoms with Crippen molar-refractivity contribution in [2.24, 2.45) is 4.99 Å². The molecule has 0 fully saturated rings. The average Bonchev–Trinajstić information content (AvgIpc) is 2.65. The number of isothiocyanates is 1. The Hall–Kier alpha value is -2.68. The topological polar surface area (TPSA) is 12.4 Å². The van der Waals surface area contributed by atoms with Crippen LogP contribution in [-0.4, -0.2) is 5.16 Å². The molecule has 0 N–H and O–H groups in total. The van der Waals surface area contributed by atoms with Crippen LogP contribution >= 0.6 is 12.2 Å². The molecule has 25 heavy (non-hydrogen) atoms. The van der Waals surface area contributed by atoms with E-state index in [0.717, 1.165) is 12.0 Å². The number of rotatable bonds is 4. The minimum Gasteiger partial charge on any atom is -0.203 e. The zero-order chi connectivity index (χ0) is 17.8. The van der Waals surface area contributed by atoms with Gasteiger partial charge in [-0.25, -0.2) is 8.78 Å². The molecule has 0 aromatic heterocycles. The van der Waals surface area contributed by atoms with Crippen LogP contribution in [0.2, 0.25) is 0 Å². The molecule has 0 bridgehead atoms. The van der Waals surface area contributed by atoms with E-state index in [0.29, 0.717) is 16.8 Å². The van der Waals surface area contributed by atoms with Gasteiger partial charge in [0.1, 0.15) is 0 Å². The summed E-state index contributed by atoms with van der Waals surface area (Å²) in [5.74, 6) is -1.70. The number of aliphatic imine (C=N–C) groups is 1. The van der Waals surface area contributed by atoms with E-state index in [1.807, 2.05) is 31.2 Å². The molecule has 0 heterocycles. The van der Waals surface area contributed by atoms with Gasteiger partial charge in [-0.1, -0.05) is 55.5 Å². The van der Waals surface area contributed by atoms with Crippen molar-refractivity contribution in [3.05, 3.63) is 77.9 Å². The molecule has 4 heteroatoms. The van der Waals surface area contributed by atoms with Gasteiger partial charge in [0.15, 0.2) is 11.6 Å². The molecule has 0 saturated carbocycles. The molecule has 1 nitrogen and oxygen atoms in total. The van der Waals surface area contributed by atoms with Gasteiger partial charge in [-0.2, -0.15) is 4.99 Å². The Balaban J connectivity index is 2.00. The number of aryl methyl sites for hydroxylation is 1. The Labute approximate surface area is 150 Å². The van der Waals surface area contributed by atoms with E-state index in [9.17, 15) is 8.78 Å². The maximum atomic E-state index is 14.6. The number of thiocarbonyl (C=S) groups is 1. The van der Waals surface area contributed by atoms with E-state index in [1.165, 1.54) is 0 Å². The first-order valence-electron chi connectivity index (χ1n) is 7.89. The summed E-state index contributed by atoms with van der Waals surface area (Å²) in [6, 6.07) is 17.4. The highest BCUT2D eigenvalue weighted by Gasteiger charge is 2.15. The fourth-order valence-corrected chi connectivity index (χ4v) is 2.79. The quantitative estimate of drug-likeness (QED) is 0.381. The van der Waals surface area contributed by atoms with Gasteiger partial charge in [0.2, 0.25) is 0 Å². The van der Waals surface area contributed by atoms with Gasteiger partial charge in [0.25, 0.3) is 0 Å². The van der Waals surface area contributed by atoms with Gasteiger partial charge >= 0.3 is 0 Å². The summed E-state index contributed by atoms with van der Waals surface area (Å²) >= 11 is 4.55. The number of hydrogen-bond acceptors (Lipinski definition) is 2. The van der Waals surface area contributed by atoms with Gasteiger partial charge in [-0.3, -0.25) is 0 Å². The summed E-state index contributed by atoms with van der Waals surface area (Å²) in [7, 11) is 0. The number of hydrogen-bond donors (Lipinski definition) is 0. The second-order valence-corrected chi connectivity index (χ2v) is 5.77. The van der Waals surface area contributed by atoms with Crippen LogP contribution in [0.4, 0.5) is 14.5 Å². The Kier molecular flexibility index (Phi) is 5.13. The molecule has 0 unspecified atom stereocenters. The van der Waals surface area contributed by atoms with E-state index in [4.69, 9.17) is 0 Å². The maximum Gasteiger partial charge on any atom is 0.167 e. The van der Waals surface area contributed by atoms with Crippen molar-refractivity contribution in [3.63, 3.8) is 0 Å². The Morgan fingerprint density at radius 2 is 1.28 bits per heavy atom. The van der Waals surface area contributed by atoms with Crippen molar-refractivity contribution in [2.75, 3.05) is 0 Å². The van der Waals surface area contributed by atoms with Crippen LogP contribution < -0.4 is 0 Å². The van der Waals surface area contributed by atoms with E-state index < -0.39 is 11.6 Å². The summed E-state index contributed by atoms with van der Waals surface area (Å²) in [6.45, 7) is 2.05. The predicted molar refractivity (Wildman–Crippen MR) is 101 cm³/mol. The average molecular weight is 351 g/mol. The summed E-state index contributed by atoms with van der Waals surface area (Å²) in [6.07, 6.45) is 0.902. The molecule has 0 amide bonds. The largest absolute Gasteiger partial charge is 0.203 e. The molecular formula is C21H15F2NS. The molecule has 0 radical (unpaired) electrons. The van der Waals surface area contributed by atoms with Crippen molar-refractivity contribution in [3.8, 4) is 22.3 Å². The summed E-state index contributed by atoms with van der Waals surface area (Å²) < 4.78 is 29.2. The first-order chi connectivity index (χ1) is 12.1. The lowest BCUT2D eigenvalue weighted by atomic mass is 9.98. The van der Waals surface area contributed by atoms with Crippen LogP contribution in [-0.2, 0) is 6.42 Å². The van der Waals surface area contributed by atoms with Crippen LogP contribution in [0.3, 0.4) is 0 Å². The first kappa shape index (κ1) is 17.2. The van der Waals surface area contributed by atoms with Crippen LogP contribution in [0, 0.1) is 11.6 Å². The third-order valence-electron chi connectivity index (χ3n) is 4.11. The van der Waals surface area contributed by atoms with Crippen molar-refractivity contribution in [1.29, 1.82) is 0 Å². The van der Waals surface area contributed by atoms with Crippen LogP contribution in [0.5, 0.6) is 0 Å². The Morgan fingerprint density at radius 1 is 0.800 bits per heavy atom. The van der Waals surface area contributed by atoms with Gasteiger partial charge in [-0.15, -0.1) is 0 Å². The minimum atomic E-state index is -0.858. The molecule has 0 aliphatic heterocycles. The molecule has 0 aliphatic rings. The standard InChI is InChI=1S/C21H15F2NS/c1-2-14-3-5-15(6-4-14)18-11-12-19(21(23)20(18)22)16-7-9-17(10-8-16)24-13-25/h3-12H,2H2,1H3. The highest BCUT2D eigenvalue weighted by atomic mass is 32.1. The number of halogens is 2. The van der Waals surface area contributed by atoms with Crippen LogP contribution in [0.1, 0.15) is 12.5 Å². The molecule has 0 aliphatic carbocycles. The van der Waals surface area contributed by atoms with Gasteiger partial charge in [0, 0.05) is 11.1 Å². The molecule has 0 spiro atoms. The minimum absolute atomic E-state index is 0.212. The molecule has 124 valence electrons. The van der Waals surface area contributed by atoms with Gasteiger partial charge in [0.05, 0.1) is 10.8 Å². The van der Waals surface area contributed by atoms with Crippen LogP contribution in [0.15, 0.2) is 65.7 Å². The predicted octanol–water partition coefficient (Wildman–Crippen LogP) is 6.60. The highest BCUT2D eigenvalue weighted by Crippen LogP contribution is 2.32. The molecule has 3 rings (SSSR count). The van der Waals surface area contributed by atoms with E-state index in [2.05, 4.69) is 22.4 Å². The number of nitrogens with zero attached hydrogens (tertiary/aromatic N) is 1. The smallest absolute Gasteiger partial charge is 0.167 e. The van der Waals surface area contributed by atoms with Crippen LogP contribution in [0.25, 0.3) is 22.3 Å². The molecular weight excluding hydrogens is 336 g/mol. The van der Waals surface area contributed by atoms with E-state index in [1.54, 1.807) is 36.4 Å². The first-order valence-corrected chi connectivity index (χ1v) is 8.30. The SMILES string of the molecule is CCc1ccc(-c2ccc(-c3ccc(N=C=S)cc3)c(F)c2F)cc1. The molecule has 3 aromatic carbocycles. The van der Waals surface area contributed by atoms with Crippen molar-refractivity contribution in [1.82, 2.24) is 0 Å². The number of benzene rings is 3. The van der Waals surface area contributed by atoms with Crippen molar-refractivity contribution >= 4 is 23.1 Å². The second kappa shape index (κ2) is 7.47. The lowest BCUT2D eigenvalue weighted by Crippen LogP contribution is -1.94. The highest BCUT2D eigenvalue weighted by molar-refractivity contribution is 7.78. The molecule has 0 atom stereocenters. The zero-order valence-corrected chi connectivity index (χ0v) is 14.4. The molecule has 0 saturated heterocycles. The summed E-state index contributed by atoms with van der Waals surface area (Å²) in [4.78, 5) is 3.85. The van der Waals surface area contributed by atoms with Crippen molar-refractivity contribution < 1.29 is 8.78 Å². The third-order valence-corrected chi connectivity index (χ3v) is 4.20.